The van der Waals surface area contributed by atoms with Gasteiger partial charge in [-0.15, -0.1) is 0 Å². The van der Waals surface area contributed by atoms with Crippen LogP contribution in [0.5, 0.6) is 23.1 Å². The Bertz CT molecular complexity index is 1430. The number of hydrogen-bond acceptors (Lipinski definition) is 9. The van der Waals surface area contributed by atoms with Gasteiger partial charge in [0.2, 0.25) is 14.9 Å². The standard InChI is InChI=1S/C26H24N2O3.2C2H6.CH3ClO2S.CH3NO2/c1-29-24-10-8-20(17-25(24)30-2)23(16-19-12-14-27-15-13-19)21-9-11-26(28-18-21)31-22-6-4-3-5-7-22;2*1-2;1-5(2,3)4;1-2(3)4/h3-15,17-18,23H,16H2,1-2H3;2*1-2H3;1H3;1H3. The quantitative estimate of drug-likeness (QED) is 0.107. The summed E-state index contributed by atoms with van der Waals surface area (Å²) in [6.45, 7) is 8.00. The highest BCUT2D eigenvalue weighted by Gasteiger charge is 2.18. The first-order valence-electron chi connectivity index (χ1n) is 13.8. The maximum Gasteiger partial charge on any atom is 0.229 e. The topological polar surface area (TPSA) is 131 Å². The fourth-order valence-electron chi connectivity index (χ4n) is 3.52. The number of pyridine rings is 2. The van der Waals surface area contributed by atoms with Gasteiger partial charge in [-0.25, -0.2) is 13.4 Å². The Kier molecular flexibility index (Phi) is 20.2. The molecule has 0 amide bonds. The van der Waals surface area contributed by atoms with E-state index in [0.717, 1.165) is 36.6 Å². The molecular formula is C32H42ClN3O7S. The van der Waals surface area contributed by atoms with Crippen molar-refractivity contribution in [1.82, 2.24) is 9.97 Å². The van der Waals surface area contributed by atoms with Gasteiger partial charge in [-0.2, -0.15) is 0 Å². The molecule has 4 aromatic rings. The molecule has 0 saturated heterocycles. The lowest BCUT2D eigenvalue weighted by Gasteiger charge is -2.20. The lowest BCUT2D eigenvalue weighted by atomic mass is 9.87. The van der Waals surface area contributed by atoms with Crippen molar-refractivity contribution in [3.05, 3.63) is 118 Å². The Labute approximate surface area is 265 Å². The molecule has 4 rings (SSSR count). The van der Waals surface area contributed by atoms with Crippen LogP contribution in [-0.4, -0.2) is 50.8 Å². The Morgan fingerprint density at radius 2 is 1.39 bits per heavy atom. The Balaban J connectivity index is 0.00000122. The number of halogens is 1. The molecule has 0 N–H and O–H groups in total. The lowest BCUT2D eigenvalue weighted by molar-refractivity contribution is -0.445. The normalized spacial score (nSPS) is 10.3. The minimum absolute atomic E-state index is 0.0838. The van der Waals surface area contributed by atoms with Crippen LogP contribution in [-0.2, 0) is 15.5 Å². The third-order valence-corrected chi connectivity index (χ3v) is 5.13. The van der Waals surface area contributed by atoms with Gasteiger partial charge in [-0.1, -0.05) is 58.0 Å². The summed E-state index contributed by atoms with van der Waals surface area (Å²) in [6, 6.07) is 23.7. The molecule has 1 atom stereocenters. The van der Waals surface area contributed by atoms with E-state index in [2.05, 4.69) is 32.8 Å². The summed E-state index contributed by atoms with van der Waals surface area (Å²) >= 11 is 0. The number of aromatic nitrogens is 2. The van der Waals surface area contributed by atoms with E-state index in [-0.39, 0.29) is 5.92 Å². The highest BCUT2D eigenvalue weighted by atomic mass is 35.7. The first-order valence-corrected chi connectivity index (χ1v) is 16.5. The van der Waals surface area contributed by atoms with Crippen molar-refractivity contribution in [3.8, 4) is 23.1 Å². The first-order chi connectivity index (χ1) is 21.0. The summed E-state index contributed by atoms with van der Waals surface area (Å²) < 4.78 is 35.6. The van der Waals surface area contributed by atoms with Gasteiger partial charge in [0.1, 0.15) is 5.75 Å². The molecule has 0 spiro atoms. The Hall–Kier alpha value is -4.22. The van der Waals surface area contributed by atoms with Gasteiger partial charge in [0.25, 0.3) is 0 Å². The second-order valence-electron chi connectivity index (χ2n) is 8.19. The molecule has 2 aromatic carbocycles. The molecule has 0 fully saturated rings. The summed E-state index contributed by atoms with van der Waals surface area (Å²) in [5.41, 5.74) is 3.40. The number of ether oxygens (including phenoxy) is 3. The van der Waals surface area contributed by atoms with E-state index in [4.69, 9.17) is 24.3 Å². The van der Waals surface area contributed by atoms with E-state index in [1.165, 1.54) is 5.56 Å². The average Bonchev–Trinajstić information content (AvgIpc) is 3.02. The molecule has 12 heteroatoms. The SMILES string of the molecule is CC.CC.COc1ccc(C(Cc2ccncc2)c2ccc(Oc3ccccc3)nc2)cc1OC.CS(=O)(=O)Cl.C[N+](=O)[O-]. The van der Waals surface area contributed by atoms with Gasteiger partial charge in [0.15, 0.2) is 18.5 Å². The van der Waals surface area contributed by atoms with Crippen LogP contribution in [0.4, 0.5) is 0 Å². The van der Waals surface area contributed by atoms with Crippen LogP contribution < -0.4 is 14.2 Å². The maximum atomic E-state index is 9.40. The van der Waals surface area contributed by atoms with E-state index < -0.39 is 14.0 Å². The summed E-state index contributed by atoms with van der Waals surface area (Å²) in [5.74, 6) is 2.82. The molecule has 0 radical (unpaired) electrons. The first kappa shape index (κ1) is 39.8. The smallest absolute Gasteiger partial charge is 0.229 e. The predicted molar refractivity (Wildman–Crippen MR) is 176 cm³/mol. The lowest BCUT2D eigenvalue weighted by Crippen LogP contribution is -2.07. The zero-order valence-electron chi connectivity index (χ0n) is 26.4. The zero-order chi connectivity index (χ0) is 33.5. The molecule has 0 aliphatic heterocycles. The van der Waals surface area contributed by atoms with Crippen LogP contribution in [0, 0.1) is 10.1 Å². The van der Waals surface area contributed by atoms with Crippen molar-refractivity contribution in [2.24, 2.45) is 0 Å². The van der Waals surface area contributed by atoms with Crippen LogP contribution in [0.1, 0.15) is 50.3 Å². The molecule has 2 aromatic heterocycles. The van der Waals surface area contributed by atoms with Crippen LogP contribution in [0.2, 0.25) is 0 Å². The molecule has 0 aliphatic rings. The third-order valence-electron chi connectivity index (χ3n) is 5.13. The van der Waals surface area contributed by atoms with Gasteiger partial charge >= 0.3 is 0 Å². The molecular weight excluding hydrogens is 606 g/mol. The highest BCUT2D eigenvalue weighted by molar-refractivity contribution is 8.13. The van der Waals surface area contributed by atoms with E-state index in [0.29, 0.717) is 17.4 Å². The zero-order valence-corrected chi connectivity index (χ0v) is 28.0. The Morgan fingerprint density at radius 1 is 0.864 bits per heavy atom. The van der Waals surface area contributed by atoms with Crippen molar-refractivity contribution in [2.45, 2.75) is 40.0 Å². The van der Waals surface area contributed by atoms with Crippen LogP contribution in [0.15, 0.2) is 91.4 Å². The monoisotopic (exact) mass is 647 g/mol. The van der Waals surface area contributed by atoms with Crippen molar-refractivity contribution < 1.29 is 27.6 Å². The number of hydrogen-bond donors (Lipinski definition) is 0. The summed E-state index contributed by atoms with van der Waals surface area (Å²) in [4.78, 5) is 17.0. The molecule has 0 saturated carbocycles. The summed E-state index contributed by atoms with van der Waals surface area (Å²) in [5, 5.41) is 8.81. The number of benzene rings is 2. The second kappa shape index (κ2) is 22.3. The molecule has 2 heterocycles. The van der Waals surface area contributed by atoms with Crippen molar-refractivity contribution in [3.63, 3.8) is 0 Å². The largest absolute Gasteiger partial charge is 0.493 e. The van der Waals surface area contributed by atoms with Gasteiger partial charge in [0.05, 0.1) is 20.5 Å². The molecule has 0 bridgehead atoms. The van der Waals surface area contributed by atoms with Crippen LogP contribution in [0.25, 0.3) is 0 Å². The minimum atomic E-state index is -3.19. The van der Waals surface area contributed by atoms with E-state index in [9.17, 15) is 8.42 Å². The molecule has 240 valence electrons. The number of methoxy groups -OCH3 is 2. The molecule has 10 nitrogen and oxygen atoms in total. The molecule has 1 unspecified atom stereocenters. The van der Waals surface area contributed by atoms with Crippen LogP contribution in [0.3, 0.4) is 0 Å². The van der Waals surface area contributed by atoms with Crippen molar-refractivity contribution >= 4 is 19.7 Å². The van der Waals surface area contributed by atoms with Gasteiger partial charge in [0, 0.05) is 46.2 Å². The number of rotatable bonds is 8. The van der Waals surface area contributed by atoms with E-state index in [1.807, 2.05) is 107 Å². The molecule has 44 heavy (non-hydrogen) atoms. The minimum Gasteiger partial charge on any atom is -0.493 e. The fraction of sp³-hybridized carbons (Fsp3) is 0.312. The van der Waals surface area contributed by atoms with Gasteiger partial charge in [-0.3, -0.25) is 15.1 Å². The van der Waals surface area contributed by atoms with Crippen LogP contribution >= 0.6 is 10.7 Å². The van der Waals surface area contributed by atoms with Crippen molar-refractivity contribution in [1.29, 1.82) is 0 Å². The van der Waals surface area contributed by atoms with E-state index >= 15 is 0 Å². The number of para-hydroxylation sites is 1. The predicted octanol–water partition coefficient (Wildman–Crippen LogP) is 7.79. The second-order valence-corrected chi connectivity index (χ2v) is 11.2. The Morgan fingerprint density at radius 3 is 1.86 bits per heavy atom. The summed E-state index contributed by atoms with van der Waals surface area (Å²) in [6.07, 6.45) is 7.24. The highest BCUT2D eigenvalue weighted by Crippen LogP contribution is 2.35. The van der Waals surface area contributed by atoms with E-state index in [1.54, 1.807) is 14.2 Å². The molecule has 0 aliphatic carbocycles. The number of nitrogens with zero attached hydrogens (tertiary/aromatic N) is 3. The maximum absolute atomic E-state index is 9.40. The number of nitro groups is 1. The third kappa shape index (κ3) is 17.0. The fourth-order valence-corrected chi connectivity index (χ4v) is 3.52. The van der Waals surface area contributed by atoms with Gasteiger partial charge < -0.3 is 14.2 Å². The summed E-state index contributed by atoms with van der Waals surface area (Å²) in [7, 11) is 5.49. The van der Waals surface area contributed by atoms with Gasteiger partial charge in [-0.05, 0) is 59.5 Å². The average molecular weight is 648 g/mol. The van der Waals surface area contributed by atoms with Crippen molar-refractivity contribution in [2.75, 3.05) is 27.5 Å².